The highest BCUT2D eigenvalue weighted by Crippen LogP contribution is 2.17. The number of hydrogen-bond donors (Lipinski definition) is 2. The van der Waals surface area contributed by atoms with E-state index in [1.165, 1.54) is 12.8 Å². The van der Waals surface area contributed by atoms with Gasteiger partial charge in [-0.15, -0.1) is 0 Å². The number of nitrogens with two attached hydrogens (primary N) is 1. The fourth-order valence-corrected chi connectivity index (χ4v) is 2.36. The number of amides is 2. The van der Waals surface area contributed by atoms with Crippen LogP contribution in [0.4, 0.5) is 4.79 Å². The molecule has 3 N–H and O–H groups in total. The quantitative estimate of drug-likeness (QED) is 0.677. The Bertz CT molecular complexity index is 241. The van der Waals surface area contributed by atoms with Gasteiger partial charge in [0.2, 0.25) is 0 Å². The maximum Gasteiger partial charge on any atom is 0.317 e. The first-order chi connectivity index (χ1) is 7.77. The fraction of sp³-hybridized carbons (Fsp3) is 0.909. The number of urea groups is 1. The molecule has 0 aromatic carbocycles. The highest BCUT2D eigenvalue weighted by atomic mass is 16.5. The van der Waals surface area contributed by atoms with E-state index in [1.807, 2.05) is 4.90 Å². The molecule has 1 aliphatic heterocycles. The Kier molecular flexibility index (Phi) is 4.01. The van der Waals surface area contributed by atoms with Gasteiger partial charge in [0, 0.05) is 25.2 Å². The predicted molar refractivity (Wildman–Crippen MR) is 61.2 cm³/mol. The van der Waals surface area contributed by atoms with E-state index >= 15 is 0 Å². The van der Waals surface area contributed by atoms with Crippen molar-refractivity contribution >= 4 is 6.03 Å². The lowest BCUT2D eigenvalue weighted by molar-refractivity contribution is 0.0519. The van der Waals surface area contributed by atoms with Crippen LogP contribution in [0.25, 0.3) is 0 Å². The first-order valence-corrected chi connectivity index (χ1v) is 6.16. The molecular weight excluding hydrogens is 206 g/mol. The Morgan fingerprint density at radius 1 is 1.25 bits per heavy atom. The van der Waals surface area contributed by atoms with Gasteiger partial charge >= 0.3 is 6.03 Å². The molecule has 0 aromatic rings. The zero-order chi connectivity index (χ0) is 11.4. The number of carbonyl (C=O) groups excluding carboxylic acids is 1. The maximum atomic E-state index is 11.9. The van der Waals surface area contributed by atoms with E-state index in [0.29, 0.717) is 26.3 Å². The van der Waals surface area contributed by atoms with Gasteiger partial charge in [0.25, 0.3) is 0 Å². The lowest BCUT2D eigenvalue weighted by Crippen LogP contribution is -2.54. The number of rotatable bonds is 1. The van der Waals surface area contributed by atoms with E-state index in [1.54, 1.807) is 0 Å². The van der Waals surface area contributed by atoms with Gasteiger partial charge in [0.1, 0.15) is 0 Å². The molecule has 0 radical (unpaired) electrons. The van der Waals surface area contributed by atoms with E-state index in [2.05, 4.69) is 5.32 Å². The van der Waals surface area contributed by atoms with Gasteiger partial charge in [-0.2, -0.15) is 0 Å². The topological polar surface area (TPSA) is 67.6 Å². The van der Waals surface area contributed by atoms with Crippen LogP contribution in [0, 0.1) is 0 Å². The third-order valence-corrected chi connectivity index (χ3v) is 3.43. The summed E-state index contributed by atoms with van der Waals surface area (Å²) in [6.07, 6.45) is 4.39. The van der Waals surface area contributed by atoms with Crippen molar-refractivity contribution in [3.63, 3.8) is 0 Å². The van der Waals surface area contributed by atoms with Gasteiger partial charge in [-0.25, -0.2) is 4.79 Å². The van der Waals surface area contributed by atoms with Gasteiger partial charge < -0.3 is 20.7 Å². The molecule has 5 heteroatoms. The van der Waals surface area contributed by atoms with Crippen molar-refractivity contribution in [1.29, 1.82) is 0 Å². The second-order valence-electron chi connectivity index (χ2n) is 4.60. The smallest absolute Gasteiger partial charge is 0.317 e. The number of nitrogens with one attached hydrogen (secondary N) is 1. The number of ether oxygens (including phenoxy) is 1. The van der Waals surface area contributed by atoms with Crippen LogP contribution < -0.4 is 11.1 Å². The molecule has 1 saturated carbocycles. The highest BCUT2D eigenvalue weighted by Gasteiger charge is 2.25. The van der Waals surface area contributed by atoms with E-state index in [9.17, 15) is 4.79 Å². The summed E-state index contributed by atoms with van der Waals surface area (Å²) in [5.41, 5.74) is 6.00. The van der Waals surface area contributed by atoms with Crippen LogP contribution in [0.5, 0.6) is 0 Å². The van der Waals surface area contributed by atoms with Gasteiger partial charge in [0.15, 0.2) is 0 Å². The molecule has 2 rings (SSSR count). The number of hydrogen-bond acceptors (Lipinski definition) is 3. The van der Waals surface area contributed by atoms with Crippen molar-refractivity contribution in [3.8, 4) is 0 Å². The Labute approximate surface area is 96.3 Å². The van der Waals surface area contributed by atoms with Crippen LogP contribution in [-0.4, -0.2) is 49.3 Å². The normalized spacial score (nSPS) is 31.2. The van der Waals surface area contributed by atoms with E-state index in [0.717, 1.165) is 12.8 Å². The van der Waals surface area contributed by atoms with E-state index < -0.39 is 0 Å². The molecule has 92 valence electrons. The van der Waals surface area contributed by atoms with Gasteiger partial charge in [0.05, 0.1) is 13.2 Å². The molecule has 5 nitrogen and oxygen atoms in total. The minimum Gasteiger partial charge on any atom is -0.378 e. The molecule has 0 spiro atoms. The summed E-state index contributed by atoms with van der Waals surface area (Å²) in [6, 6.07) is 0.300. The second kappa shape index (κ2) is 5.50. The molecule has 1 saturated heterocycles. The molecule has 2 atom stereocenters. The zero-order valence-electron chi connectivity index (χ0n) is 9.65. The molecule has 16 heavy (non-hydrogen) atoms. The van der Waals surface area contributed by atoms with E-state index in [-0.39, 0.29) is 18.1 Å². The summed E-state index contributed by atoms with van der Waals surface area (Å²) in [5.74, 6) is 0. The largest absolute Gasteiger partial charge is 0.378 e. The first kappa shape index (κ1) is 11.7. The lowest BCUT2D eigenvalue weighted by atomic mass is 9.91. The second-order valence-corrected chi connectivity index (χ2v) is 4.60. The molecule has 1 heterocycles. The van der Waals surface area contributed by atoms with Crippen molar-refractivity contribution in [2.75, 3.05) is 26.3 Å². The standard InChI is InChI=1S/C11H21N3O2/c12-9-3-1-2-4-10(9)13-11(15)14-5-7-16-8-6-14/h9-10H,1-8,12H2,(H,13,15). The molecular formula is C11H21N3O2. The maximum absolute atomic E-state index is 11.9. The molecule has 2 amide bonds. The molecule has 2 unspecified atom stereocenters. The van der Waals surface area contributed by atoms with Crippen molar-refractivity contribution in [2.24, 2.45) is 5.73 Å². The average Bonchev–Trinajstić information content (AvgIpc) is 2.33. The molecule has 0 bridgehead atoms. The monoisotopic (exact) mass is 227 g/mol. The summed E-state index contributed by atoms with van der Waals surface area (Å²) in [5, 5.41) is 3.04. The van der Waals surface area contributed by atoms with Crippen molar-refractivity contribution in [3.05, 3.63) is 0 Å². The highest BCUT2D eigenvalue weighted by molar-refractivity contribution is 5.74. The summed E-state index contributed by atoms with van der Waals surface area (Å²) in [7, 11) is 0. The number of carbonyl (C=O) groups is 1. The van der Waals surface area contributed by atoms with Crippen LogP contribution in [0.1, 0.15) is 25.7 Å². The first-order valence-electron chi connectivity index (χ1n) is 6.16. The zero-order valence-corrected chi connectivity index (χ0v) is 9.65. The van der Waals surface area contributed by atoms with Gasteiger partial charge in [-0.05, 0) is 12.8 Å². The minimum absolute atomic E-state index is 0.0191. The van der Waals surface area contributed by atoms with Crippen LogP contribution in [0.15, 0.2) is 0 Å². The summed E-state index contributed by atoms with van der Waals surface area (Å²) < 4.78 is 5.21. The van der Waals surface area contributed by atoms with Crippen LogP contribution in [0.2, 0.25) is 0 Å². The SMILES string of the molecule is NC1CCCCC1NC(=O)N1CCOCC1. The third-order valence-electron chi connectivity index (χ3n) is 3.43. The number of nitrogens with zero attached hydrogens (tertiary/aromatic N) is 1. The fourth-order valence-electron chi connectivity index (χ4n) is 2.36. The van der Waals surface area contributed by atoms with Crippen molar-refractivity contribution < 1.29 is 9.53 Å². The molecule has 2 fully saturated rings. The lowest BCUT2D eigenvalue weighted by Gasteiger charge is -2.33. The molecule has 0 aromatic heterocycles. The molecule has 2 aliphatic rings. The van der Waals surface area contributed by atoms with Crippen molar-refractivity contribution in [1.82, 2.24) is 10.2 Å². The average molecular weight is 227 g/mol. The van der Waals surface area contributed by atoms with Crippen LogP contribution in [0.3, 0.4) is 0 Å². The Hall–Kier alpha value is -0.810. The Morgan fingerprint density at radius 2 is 1.94 bits per heavy atom. The van der Waals surface area contributed by atoms with Gasteiger partial charge in [-0.3, -0.25) is 0 Å². The predicted octanol–water partition coefficient (Wildman–Crippen LogP) is 0.298. The summed E-state index contributed by atoms with van der Waals surface area (Å²) in [6.45, 7) is 2.66. The minimum atomic E-state index is 0.0191. The summed E-state index contributed by atoms with van der Waals surface area (Å²) in [4.78, 5) is 13.7. The van der Waals surface area contributed by atoms with Crippen molar-refractivity contribution in [2.45, 2.75) is 37.8 Å². The van der Waals surface area contributed by atoms with Gasteiger partial charge in [-0.1, -0.05) is 12.8 Å². The third kappa shape index (κ3) is 2.86. The summed E-state index contributed by atoms with van der Waals surface area (Å²) >= 11 is 0. The Morgan fingerprint density at radius 3 is 2.62 bits per heavy atom. The number of morpholine rings is 1. The van der Waals surface area contributed by atoms with E-state index in [4.69, 9.17) is 10.5 Å². The van der Waals surface area contributed by atoms with Crippen LogP contribution >= 0.6 is 0 Å². The Balaban J connectivity index is 1.80. The van der Waals surface area contributed by atoms with Crippen LogP contribution in [-0.2, 0) is 4.74 Å². The molecule has 1 aliphatic carbocycles.